The number of carbonyl (C=O) groups is 1. The SMILES string of the molecule is O.O=C(OO)c1cccc(Cl)c1. The Labute approximate surface area is 73.6 Å². The van der Waals surface area contributed by atoms with Crippen molar-refractivity contribution in [2.75, 3.05) is 0 Å². The zero-order chi connectivity index (χ0) is 8.27. The molecule has 0 amide bonds. The number of hydrogen-bond donors (Lipinski definition) is 1. The van der Waals surface area contributed by atoms with Gasteiger partial charge in [0.2, 0.25) is 0 Å². The van der Waals surface area contributed by atoms with E-state index in [4.69, 9.17) is 16.9 Å². The highest BCUT2D eigenvalue weighted by molar-refractivity contribution is 6.30. The van der Waals surface area contributed by atoms with Gasteiger partial charge in [-0.2, -0.15) is 5.26 Å². The summed E-state index contributed by atoms with van der Waals surface area (Å²) in [5, 5.41) is 8.41. The Morgan fingerprint density at radius 1 is 1.50 bits per heavy atom. The number of halogens is 1. The molecular formula is C7H7ClO4. The zero-order valence-electron chi connectivity index (χ0n) is 5.95. The lowest BCUT2D eigenvalue weighted by molar-refractivity contribution is -0.182. The molecule has 0 heterocycles. The fraction of sp³-hybridized carbons (Fsp3) is 0. The maximum Gasteiger partial charge on any atom is 0.372 e. The van der Waals surface area contributed by atoms with Gasteiger partial charge in [-0.05, 0) is 18.2 Å². The third-order valence-electron chi connectivity index (χ3n) is 1.14. The third-order valence-corrected chi connectivity index (χ3v) is 1.38. The van der Waals surface area contributed by atoms with E-state index in [1.165, 1.54) is 12.1 Å². The second-order valence-corrected chi connectivity index (χ2v) is 2.33. The standard InChI is InChI=1S/C7H5ClO3.H2O/c8-6-3-1-2-5(4-6)7(9)11-10;/h1-4,10H;1H2. The Kier molecular flexibility index (Phi) is 4.28. The Morgan fingerprint density at radius 3 is 2.67 bits per heavy atom. The predicted octanol–water partition coefficient (Wildman–Crippen LogP) is 1.15. The minimum absolute atomic E-state index is 0. The van der Waals surface area contributed by atoms with Gasteiger partial charge in [0, 0.05) is 5.02 Å². The summed E-state index contributed by atoms with van der Waals surface area (Å²) in [4.78, 5) is 14.1. The molecule has 1 rings (SSSR count). The molecule has 0 radical (unpaired) electrons. The van der Waals surface area contributed by atoms with Crippen LogP contribution in [0.3, 0.4) is 0 Å². The van der Waals surface area contributed by atoms with Crippen molar-refractivity contribution in [2.24, 2.45) is 0 Å². The van der Waals surface area contributed by atoms with E-state index in [-0.39, 0.29) is 11.0 Å². The van der Waals surface area contributed by atoms with Crippen molar-refractivity contribution in [1.82, 2.24) is 0 Å². The second-order valence-electron chi connectivity index (χ2n) is 1.89. The molecule has 1 aromatic carbocycles. The minimum atomic E-state index is -0.813. The summed E-state index contributed by atoms with van der Waals surface area (Å²) in [6, 6.07) is 6.11. The molecule has 66 valence electrons. The van der Waals surface area contributed by atoms with E-state index in [2.05, 4.69) is 4.89 Å². The summed E-state index contributed by atoms with van der Waals surface area (Å²) in [5.74, 6) is -0.813. The van der Waals surface area contributed by atoms with Crippen LogP contribution in [0.15, 0.2) is 24.3 Å². The van der Waals surface area contributed by atoms with Crippen LogP contribution in [-0.2, 0) is 4.89 Å². The number of rotatable bonds is 1. The average molecular weight is 191 g/mol. The van der Waals surface area contributed by atoms with Gasteiger partial charge in [-0.25, -0.2) is 4.79 Å². The van der Waals surface area contributed by atoms with Gasteiger partial charge in [0.05, 0.1) is 5.56 Å². The Hall–Kier alpha value is -1.10. The van der Waals surface area contributed by atoms with Crippen molar-refractivity contribution in [3.63, 3.8) is 0 Å². The first-order chi connectivity index (χ1) is 5.24. The van der Waals surface area contributed by atoms with Crippen LogP contribution in [0.25, 0.3) is 0 Å². The molecule has 0 unspecified atom stereocenters. The summed E-state index contributed by atoms with van der Waals surface area (Å²) < 4.78 is 0. The molecule has 12 heavy (non-hydrogen) atoms. The topological polar surface area (TPSA) is 78.0 Å². The fourth-order valence-corrected chi connectivity index (χ4v) is 0.858. The smallest absolute Gasteiger partial charge is 0.372 e. The molecule has 0 atom stereocenters. The number of hydrogen-bond acceptors (Lipinski definition) is 3. The first-order valence-electron chi connectivity index (χ1n) is 2.85. The lowest BCUT2D eigenvalue weighted by atomic mass is 10.2. The quantitative estimate of drug-likeness (QED) is 0.533. The van der Waals surface area contributed by atoms with Crippen LogP contribution in [-0.4, -0.2) is 16.7 Å². The van der Waals surface area contributed by atoms with E-state index < -0.39 is 5.97 Å². The minimum Gasteiger partial charge on any atom is -0.412 e. The van der Waals surface area contributed by atoms with Crippen LogP contribution in [0, 0.1) is 0 Å². The maximum absolute atomic E-state index is 10.6. The van der Waals surface area contributed by atoms with Crippen LogP contribution in [0.2, 0.25) is 5.02 Å². The monoisotopic (exact) mass is 190 g/mol. The lowest BCUT2D eigenvalue weighted by Gasteiger charge is -1.95. The summed E-state index contributed by atoms with van der Waals surface area (Å²) >= 11 is 5.56. The van der Waals surface area contributed by atoms with Gasteiger partial charge in [-0.1, -0.05) is 17.7 Å². The summed E-state index contributed by atoms with van der Waals surface area (Å²) in [6.45, 7) is 0. The van der Waals surface area contributed by atoms with Crippen molar-refractivity contribution in [1.29, 1.82) is 0 Å². The van der Waals surface area contributed by atoms with E-state index in [0.717, 1.165) is 0 Å². The van der Waals surface area contributed by atoms with Gasteiger partial charge < -0.3 is 5.48 Å². The molecule has 0 aromatic heterocycles. The van der Waals surface area contributed by atoms with Gasteiger partial charge in [0.1, 0.15) is 0 Å². The highest BCUT2D eigenvalue weighted by atomic mass is 35.5. The number of benzene rings is 1. The molecule has 0 aliphatic carbocycles. The zero-order valence-corrected chi connectivity index (χ0v) is 6.71. The van der Waals surface area contributed by atoms with Crippen LogP contribution >= 0.6 is 11.6 Å². The van der Waals surface area contributed by atoms with Gasteiger partial charge in [-0.15, -0.1) is 0 Å². The Morgan fingerprint density at radius 2 is 2.17 bits per heavy atom. The van der Waals surface area contributed by atoms with Crippen molar-refractivity contribution in [2.45, 2.75) is 0 Å². The molecule has 0 aliphatic heterocycles. The van der Waals surface area contributed by atoms with Crippen molar-refractivity contribution in [3.8, 4) is 0 Å². The summed E-state index contributed by atoms with van der Waals surface area (Å²) in [5.41, 5.74) is 0.222. The molecule has 0 aliphatic rings. The number of carbonyl (C=O) groups excluding carboxylic acids is 1. The largest absolute Gasteiger partial charge is 0.412 e. The Bertz CT molecular complexity index is 274. The molecule has 0 spiro atoms. The first-order valence-corrected chi connectivity index (χ1v) is 3.23. The van der Waals surface area contributed by atoms with Crippen molar-refractivity contribution in [3.05, 3.63) is 34.9 Å². The van der Waals surface area contributed by atoms with Crippen molar-refractivity contribution >= 4 is 17.6 Å². The second kappa shape index (κ2) is 4.71. The molecular weight excluding hydrogens is 184 g/mol. The third kappa shape index (κ3) is 2.50. The van der Waals surface area contributed by atoms with Gasteiger partial charge >= 0.3 is 5.97 Å². The van der Waals surface area contributed by atoms with Gasteiger partial charge in [0.25, 0.3) is 0 Å². The van der Waals surface area contributed by atoms with E-state index in [9.17, 15) is 4.79 Å². The van der Waals surface area contributed by atoms with E-state index in [1.807, 2.05) is 0 Å². The maximum atomic E-state index is 10.6. The molecule has 1 aromatic rings. The highest BCUT2D eigenvalue weighted by Crippen LogP contribution is 2.10. The summed E-state index contributed by atoms with van der Waals surface area (Å²) in [7, 11) is 0. The van der Waals surface area contributed by atoms with Crippen LogP contribution < -0.4 is 0 Å². The highest BCUT2D eigenvalue weighted by Gasteiger charge is 2.05. The van der Waals surface area contributed by atoms with Gasteiger partial charge in [0.15, 0.2) is 0 Å². The van der Waals surface area contributed by atoms with Crippen LogP contribution in [0.4, 0.5) is 0 Å². The van der Waals surface area contributed by atoms with E-state index in [1.54, 1.807) is 12.1 Å². The first kappa shape index (κ1) is 10.9. The average Bonchev–Trinajstić information content (AvgIpc) is 2.03. The van der Waals surface area contributed by atoms with Crippen LogP contribution in [0.1, 0.15) is 10.4 Å². The van der Waals surface area contributed by atoms with E-state index >= 15 is 0 Å². The predicted molar refractivity (Wildman–Crippen MR) is 43.1 cm³/mol. The van der Waals surface area contributed by atoms with Crippen LogP contribution in [0.5, 0.6) is 0 Å². The Balaban J connectivity index is 0.00000121. The molecule has 0 bridgehead atoms. The molecule has 0 fully saturated rings. The van der Waals surface area contributed by atoms with Crippen molar-refractivity contribution < 1.29 is 20.4 Å². The molecule has 0 saturated carbocycles. The molecule has 0 saturated heterocycles. The summed E-state index contributed by atoms with van der Waals surface area (Å²) in [6.07, 6.45) is 0. The fourth-order valence-electron chi connectivity index (χ4n) is 0.668. The molecule has 4 nitrogen and oxygen atoms in total. The van der Waals surface area contributed by atoms with Gasteiger partial charge in [-0.3, -0.25) is 4.89 Å². The lowest BCUT2D eigenvalue weighted by Crippen LogP contribution is -2.00. The van der Waals surface area contributed by atoms with E-state index in [0.29, 0.717) is 5.02 Å². The normalized spacial score (nSPS) is 8.50. The molecule has 5 heteroatoms. The molecule has 3 N–H and O–H groups in total.